The maximum atomic E-state index is 11.8. The molecule has 0 aliphatic rings. The lowest BCUT2D eigenvalue weighted by molar-refractivity contribution is -0.384. The molecule has 1 amide bonds. The zero-order valence-electron chi connectivity index (χ0n) is 12.2. The minimum absolute atomic E-state index is 0.118. The second kappa shape index (κ2) is 8.05. The maximum Gasteiger partial charge on any atom is 0.292 e. The van der Waals surface area contributed by atoms with Gasteiger partial charge in [0.15, 0.2) is 0 Å². The summed E-state index contributed by atoms with van der Waals surface area (Å²) in [5.74, 6) is 0.194. The summed E-state index contributed by atoms with van der Waals surface area (Å²) in [5.41, 5.74) is 0.112. The van der Waals surface area contributed by atoms with Gasteiger partial charge in [0, 0.05) is 25.8 Å². The average Bonchev–Trinajstić information content (AvgIpc) is 2.46. The fourth-order valence-corrected chi connectivity index (χ4v) is 1.65. The first-order valence-electron chi connectivity index (χ1n) is 6.35. The number of rotatable bonds is 8. The van der Waals surface area contributed by atoms with Crippen LogP contribution in [0, 0.1) is 10.1 Å². The van der Waals surface area contributed by atoms with Gasteiger partial charge in [-0.25, -0.2) is 0 Å². The van der Waals surface area contributed by atoms with Crippen LogP contribution < -0.4 is 15.4 Å². The molecule has 1 atom stereocenters. The van der Waals surface area contributed by atoms with E-state index in [1.807, 2.05) is 0 Å². The minimum Gasteiger partial charge on any atom is -0.497 e. The predicted octanol–water partition coefficient (Wildman–Crippen LogP) is 1.17. The van der Waals surface area contributed by atoms with Gasteiger partial charge in [0.1, 0.15) is 17.5 Å². The largest absolute Gasteiger partial charge is 0.497 e. The van der Waals surface area contributed by atoms with Crippen molar-refractivity contribution in [3.8, 4) is 5.75 Å². The third kappa shape index (κ3) is 4.92. The van der Waals surface area contributed by atoms with Crippen LogP contribution in [0.3, 0.4) is 0 Å². The fraction of sp³-hybridized carbons (Fsp3) is 0.462. The van der Waals surface area contributed by atoms with Gasteiger partial charge < -0.3 is 20.1 Å². The summed E-state index contributed by atoms with van der Waals surface area (Å²) < 4.78 is 9.86. The quantitative estimate of drug-likeness (QED) is 0.424. The van der Waals surface area contributed by atoms with Crippen molar-refractivity contribution < 1.29 is 19.2 Å². The Labute approximate surface area is 122 Å². The molecule has 0 aliphatic heterocycles. The van der Waals surface area contributed by atoms with Crippen molar-refractivity contribution in [2.45, 2.75) is 13.0 Å². The van der Waals surface area contributed by atoms with Crippen molar-refractivity contribution in [1.29, 1.82) is 0 Å². The number of nitro benzene ring substituents is 1. The number of carbonyl (C=O) groups is 1. The number of amides is 1. The topological polar surface area (TPSA) is 103 Å². The highest BCUT2D eigenvalue weighted by molar-refractivity contribution is 5.85. The molecule has 1 aromatic rings. The van der Waals surface area contributed by atoms with E-state index in [9.17, 15) is 14.9 Å². The molecule has 1 rings (SSSR count). The molecule has 0 saturated heterocycles. The number of nitro groups is 1. The number of methoxy groups -OCH3 is 2. The van der Waals surface area contributed by atoms with Gasteiger partial charge in [-0.2, -0.15) is 0 Å². The third-order valence-corrected chi connectivity index (χ3v) is 2.77. The fourth-order valence-electron chi connectivity index (χ4n) is 1.65. The summed E-state index contributed by atoms with van der Waals surface area (Å²) in [6, 6.07) is 3.67. The van der Waals surface area contributed by atoms with E-state index in [0.717, 1.165) is 0 Å². The smallest absolute Gasteiger partial charge is 0.292 e. The van der Waals surface area contributed by atoms with Gasteiger partial charge in [-0.1, -0.05) is 0 Å². The predicted molar refractivity (Wildman–Crippen MR) is 77.6 cm³/mol. The van der Waals surface area contributed by atoms with E-state index in [4.69, 9.17) is 9.47 Å². The summed E-state index contributed by atoms with van der Waals surface area (Å²) in [7, 11) is 3.00. The first-order chi connectivity index (χ1) is 9.99. The molecule has 1 unspecified atom stereocenters. The van der Waals surface area contributed by atoms with E-state index in [1.165, 1.54) is 32.4 Å². The number of nitrogens with one attached hydrogen (secondary N) is 2. The zero-order chi connectivity index (χ0) is 15.8. The Hall–Kier alpha value is -2.35. The Morgan fingerprint density at radius 3 is 2.71 bits per heavy atom. The Morgan fingerprint density at radius 2 is 2.14 bits per heavy atom. The molecule has 0 aliphatic carbocycles. The molecule has 0 heterocycles. The molecular weight excluding hydrogens is 278 g/mol. The van der Waals surface area contributed by atoms with E-state index in [0.29, 0.717) is 18.9 Å². The van der Waals surface area contributed by atoms with Crippen LogP contribution in [0.4, 0.5) is 11.4 Å². The van der Waals surface area contributed by atoms with Crippen LogP contribution in [0.5, 0.6) is 5.75 Å². The standard InChI is InChI=1S/C13H19N3O5/c1-9(13(17)14-6-7-20-2)15-11-8-10(21-3)4-5-12(11)16(18)19/h4-5,8-9,15H,6-7H2,1-3H3,(H,14,17). The summed E-state index contributed by atoms with van der Waals surface area (Å²) in [6.07, 6.45) is 0. The zero-order valence-corrected chi connectivity index (χ0v) is 12.2. The lowest BCUT2D eigenvalue weighted by Gasteiger charge is -2.15. The van der Waals surface area contributed by atoms with Crippen LogP contribution in [0.25, 0.3) is 0 Å². The van der Waals surface area contributed by atoms with Crippen molar-refractivity contribution >= 4 is 17.3 Å². The molecule has 0 fully saturated rings. The first-order valence-corrected chi connectivity index (χ1v) is 6.35. The summed E-state index contributed by atoms with van der Waals surface area (Å²) in [6.45, 7) is 2.39. The van der Waals surface area contributed by atoms with Crippen LogP contribution in [-0.4, -0.2) is 44.2 Å². The van der Waals surface area contributed by atoms with E-state index in [1.54, 1.807) is 6.92 Å². The normalized spacial score (nSPS) is 11.6. The molecule has 1 aromatic carbocycles. The number of nitrogens with zero attached hydrogens (tertiary/aromatic N) is 1. The number of benzene rings is 1. The van der Waals surface area contributed by atoms with Crippen LogP contribution in [0.1, 0.15) is 6.92 Å². The molecule has 8 heteroatoms. The van der Waals surface area contributed by atoms with Gasteiger partial charge >= 0.3 is 0 Å². The number of carbonyl (C=O) groups excluding carboxylic acids is 1. The van der Waals surface area contributed by atoms with E-state index in [-0.39, 0.29) is 17.3 Å². The highest BCUT2D eigenvalue weighted by Crippen LogP contribution is 2.29. The number of ether oxygens (including phenoxy) is 2. The molecule has 0 radical (unpaired) electrons. The number of hydrogen-bond donors (Lipinski definition) is 2. The Kier molecular flexibility index (Phi) is 6.41. The highest BCUT2D eigenvalue weighted by Gasteiger charge is 2.19. The van der Waals surface area contributed by atoms with Crippen molar-refractivity contribution in [2.24, 2.45) is 0 Å². The van der Waals surface area contributed by atoms with Crippen molar-refractivity contribution in [1.82, 2.24) is 5.32 Å². The van der Waals surface area contributed by atoms with Gasteiger partial charge in [0.25, 0.3) is 5.69 Å². The van der Waals surface area contributed by atoms with Crippen molar-refractivity contribution in [3.05, 3.63) is 28.3 Å². The minimum atomic E-state index is -0.632. The van der Waals surface area contributed by atoms with Crippen LogP contribution >= 0.6 is 0 Å². The van der Waals surface area contributed by atoms with Crippen LogP contribution in [-0.2, 0) is 9.53 Å². The molecule has 8 nitrogen and oxygen atoms in total. The summed E-state index contributed by atoms with van der Waals surface area (Å²) in [4.78, 5) is 22.3. The van der Waals surface area contributed by atoms with Crippen molar-refractivity contribution in [2.75, 3.05) is 32.7 Å². The van der Waals surface area contributed by atoms with Crippen molar-refractivity contribution in [3.63, 3.8) is 0 Å². The summed E-state index contributed by atoms with van der Waals surface area (Å²) in [5, 5.41) is 16.5. The van der Waals surface area contributed by atoms with Gasteiger partial charge in [0.05, 0.1) is 18.6 Å². The first kappa shape index (κ1) is 16.7. The highest BCUT2D eigenvalue weighted by atomic mass is 16.6. The molecule has 0 saturated carbocycles. The van der Waals surface area contributed by atoms with Crippen LogP contribution in [0.15, 0.2) is 18.2 Å². The van der Waals surface area contributed by atoms with E-state index in [2.05, 4.69) is 10.6 Å². The molecule has 0 bridgehead atoms. The van der Waals surface area contributed by atoms with Gasteiger partial charge in [-0.05, 0) is 13.0 Å². The van der Waals surface area contributed by atoms with Gasteiger partial charge in [-0.15, -0.1) is 0 Å². The van der Waals surface area contributed by atoms with E-state index >= 15 is 0 Å². The Bertz CT molecular complexity index is 507. The molecule has 0 aromatic heterocycles. The third-order valence-electron chi connectivity index (χ3n) is 2.77. The molecular formula is C13H19N3O5. The van der Waals surface area contributed by atoms with Crippen LogP contribution in [0.2, 0.25) is 0 Å². The summed E-state index contributed by atoms with van der Waals surface area (Å²) >= 11 is 0. The molecule has 21 heavy (non-hydrogen) atoms. The second-order valence-corrected chi connectivity index (χ2v) is 4.29. The molecule has 2 N–H and O–H groups in total. The Balaban J connectivity index is 2.80. The number of anilines is 1. The molecule has 0 spiro atoms. The van der Waals surface area contributed by atoms with Gasteiger partial charge in [0.2, 0.25) is 5.91 Å². The second-order valence-electron chi connectivity index (χ2n) is 4.29. The molecule has 116 valence electrons. The lowest BCUT2D eigenvalue weighted by Crippen LogP contribution is -2.39. The monoisotopic (exact) mass is 297 g/mol. The SMILES string of the molecule is COCCNC(=O)C(C)Nc1cc(OC)ccc1[N+](=O)[O-]. The van der Waals surface area contributed by atoms with E-state index < -0.39 is 11.0 Å². The average molecular weight is 297 g/mol. The number of hydrogen-bond acceptors (Lipinski definition) is 6. The lowest BCUT2D eigenvalue weighted by atomic mass is 10.2. The maximum absolute atomic E-state index is 11.8. The van der Waals surface area contributed by atoms with Gasteiger partial charge in [-0.3, -0.25) is 14.9 Å². The Morgan fingerprint density at radius 1 is 1.43 bits per heavy atom.